The van der Waals surface area contributed by atoms with Gasteiger partial charge in [0, 0.05) is 19.4 Å². The van der Waals surface area contributed by atoms with Gasteiger partial charge in [-0.2, -0.15) is 0 Å². The monoisotopic (exact) mass is 865 g/mol. The minimum atomic E-state index is -1.08. The van der Waals surface area contributed by atoms with Crippen LogP contribution in [0.15, 0.2) is 18.2 Å². The van der Waals surface area contributed by atoms with Gasteiger partial charge in [0.25, 0.3) is 11.8 Å². The smallest absolute Gasteiger partial charge is 0.308 e. The molecule has 3 rings (SSSR count). The van der Waals surface area contributed by atoms with Crippen molar-refractivity contribution in [2.24, 2.45) is 5.92 Å². The Kier molecular flexibility index (Phi) is 26.9. The number of hydrogen-bond donors (Lipinski definition) is 2. The lowest BCUT2D eigenvalue weighted by Gasteiger charge is -2.27. The van der Waals surface area contributed by atoms with E-state index in [1.54, 1.807) is 12.1 Å². The number of nitrogens with zero attached hydrogens (tertiary/aromatic N) is 1. The molecule has 0 saturated carbocycles. The number of esters is 1. The van der Waals surface area contributed by atoms with Gasteiger partial charge in [-0.15, -0.1) is 0 Å². The van der Waals surface area contributed by atoms with Crippen LogP contribution in [0.3, 0.4) is 0 Å². The summed E-state index contributed by atoms with van der Waals surface area (Å²) in [7, 11) is 0. The van der Waals surface area contributed by atoms with Crippen LogP contribution in [0, 0.1) is 5.92 Å². The fourth-order valence-corrected chi connectivity index (χ4v) is 6.40. The summed E-state index contributed by atoms with van der Waals surface area (Å²) in [5.74, 6) is -2.88. The quantitative estimate of drug-likeness (QED) is 0.0557. The Bertz CT molecular complexity index is 1480. The second-order valence-electron chi connectivity index (χ2n) is 14.3. The van der Waals surface area contributed by atoms with E-state index in [-0.39, 0.29) is 60.5 Å². The van der Waals surface area contributed by atoms with E-state index in [4.69, 9.17) is 42.6 Å². The molecule has 0 bridgehead atoms. The van der Waals surface area contributed by atoms with E-state index in [2.05, 4.69) is 17.6 Å². The van der Waals surface area contributed by atoms with Crippen molar-refractivity contribution in [3.63, 3.8) is 0 Å². The molecule has 18 heteroatoms. The van der Waals surface area contributed by atoms with Gasteiger partial charge in [-0.05, 0) is 44.2 Å². The Morgan fingerprint density at radius 3 is 1.70 bits per heavy atom. The molecule has 5 amide bonds. The fourth-order valence-electron chi connectivity index (χ4n) is 6.40. The van der Waals surface area contributed by atoms with Crippen molar-refractivity contribution in [1.29, 1.82) is 0 Å². The van der Waals surface area contributed by atoms with Crippen molar-refractivity contribution in [3.05, 3.63) is 29.3 Å². The van der Waals surface area contributed by atoms with Gasteiger partial charge in [0.05, 0.1) is 122 Å². The van der Waals surface area contributed by atoms with Crippen molar-refractivity contribution in [2.45, 2.75) is 84.1 Å². The predicted octanol–water partition coefficient (Wildman–Crippen LogP) is 3.48. The molecule has 18 nitrogen and oxygen atoms in total. The van der Waals surface area contributed by atoms with Crippen LogP contribution in [0.2, 0.25) is 0 Å². The first-order chi connectivity index (χ1) is 29.8. The van der Waals surface area contributed by atoms with Crippen LogP contribution in [-0.2, 0) is 61.8 Å². The molecule has 2 N–H and O–H groups in total. The molecule has 2 unspecified atom stereocenters. The number of imide groups is 2. The van der Waals surface area contributed by atoms with Crippen LogP contribution in [0.1, 0.15) is 98.8 Å². The van der Waals surface area contributed by atoms with E-state index >= 15 is 0 Å². The van der Waals surface area contributed by atoms with Gasteiger partial charge in [0.1, 0.15) is 12.6 Å². The Labute approximate surface area is 359 Å². The van der Waals surface area contributed by atoms with Crippen LogP contribution in [-0.4, -0.2) is 159 Å². The van der Waals surface area contributed by atoms with Crippen molar-refractivity contribution in [1.82, 2.24) is 10.2 Å². The molecular weight excluding hydrogens is 798 g/mol. The molecule has 2 aliphatic heterocycles. The molecule has 61 heavy (non-hydrogen) atoms. The molecule has 2 aliphatic rings. The summed E-state index contributed by atoms with van der Waals surface area (Å²) in [6.07, 6.45) is 6.21. The first-order valence-corrected chi connectivity index (χ1v) is 21.7. The minimum Gasteiger partial charge on any atom is -0.463 e. The average Bonchev–Trinajstić information content (AvgIpc) is 3.50. The highest BCUT2D eigenvalue weighted by atomic mass is 16.6. The maximum Gasteiger partial charge on any atom is 0.308 e. The average molecular weight is 866 g/mol. The van der Waals surface area contributed by atoms with Crippen molar-refractivity contribution in [3.8, 4) is 0 Å². The summed E-state index contributed by atoms with van der Waals surface area (Å²) in [4.78, 5) is 75.6. The number of ether oxygens (including phenoxy) is 9. The number of rotatable bonds is 37. The Balaban J connectivity index is 1.02. The van der Waals surface area contributed by atoms with Gasteiger partial charge >= 0.3 is 5.97 Å². The number of benzene rings is 1. The highest BCUT2D eigenvalue weighted by Crippen LogP contribution is 2.32. The zero-order chi connectivity index (χ0) is 43.9. The number of fused-ring (bicyclic) bond motifs is 1. The van der Waals surface area contributed by atoms with E-state index in [0.29, 0.717) is 112 Å². The molecular formula is C43H67N3O15. The summed E-state index contributed by atoms with van der Waals surface area (Å²) in [5, 5.41) is 4.90. The molecule has 2 atom stereocenters. The molecule has 1 aromatic rings. The minimum absolute atomic E-state index is 0.0203. The lowest BCUT2D eigenvalue weighted by molar-refractivity contribution is -0.150. The summed E-state index contributed by atoms with van der Waals surface area (Å²) in [5.41, 5.74) is 0.376. The topological polar surface area (TPSA) is 213 Å². The van der Waals surface area contributed by atoms with Gasteiger partial charge in [-0.3, -0.25) is 39.0 Å². The Hall–Kier alpha value is -3.88. The summed E-state index contributed by atoms with van der Waals surface area (Å²) >= 11 is 0. The number of nitrogens with one attached hydrogen (secondary N) is 2. The first kappa shape index (κ1) is 51.5. The Morgan fingerprint density at radius 2 is 1.20 bits per heavy atom. The van der Waals surface area contributed by atoms with E-state index in [1.165, 1.54) is 6.07 Å². The van der Waals surface area contributed by atoms with Gasteiger partial charge in [-0.1, -0.05) is 39.2 Å². The van der Waals surface area contributed by atoms with Crippen molar-refractivity contribution in [2.75, 3.05) is 118 Å². The van der Waals surface area contributed by atoms with Crippen molar-refractivity contribution < 1.29 is 71.4 Å². The standard InChI is InChI=1S/C43H67N3O15/c1-3-5-10-33(4-2)43(52)61-32-31-60-30-29-59-28-27-58-26-25-57-24-23-56-22-21-55-20-19-54-18-17-53-16-8-6-7-13-37(47)44-35-12-9-11-34-39(35)42(51)46(41(34)50)36-14-15-38(48)45-40(36)49/h9,11-12,33,36H,3-8,10,13-32H2,1-2H3,(H,44,47)(H,45,48,49). The molecule has 344 valence electrons. The molecule has 2 heterocycles. The molecule has 1 aromatic carbocycles. The molecule has 1 fully saturated rings. The van der Waals surface area contributed by atoms with Gasteiger partial charge in [0.15, 0.2) is 0 Å². The lowest BCUT2D eigenvalue weighted by atomic mass is 10.00. The third kappa shape index (κ3) is 20.2. The fraction of sp³-hybridized carbons (Fsp3) is 0.721. The van der Waals surface area contributed by atoms with E-state index in [9.17, 15) is 28.8 Å². The number of anilines is 1. The van der Waals surface area contributed by atoms with Crippen LogP contribution in [0.4, 0.5) is 5.69 Å². The Morgan fingerprint density at radius 1 is 0.672 bits per heavy atom. The van der Waals surface area contributed by atoms with E-state index < -0.39 is 29.7 Å². The maximum absolute atomic E-state index is 13.2. The first-order valence-electron chi connectivity index (χ1n) is 21.7. The summed E-state index contributed by atoms with van der Waals surface area (Å²) in [6.45, 7) is 11.6. The largest absolute Gasteiger partial charge is 0.463 e. The van der Waals surface area contributed by atoms with E-state index in [1.807, 2.05) is 6.92 Å². The maximum atomic E-state index is 13.2. The highest BCUT2D eigenvalue weighted by Gasteiger charge is 2.45. The SMILES string of the molecule is CCCCC(CC)C(=O)OCCOCCOCCOCCOCCOCCOCCOCCOCCCCCC(=O)Nc1cccc2c1C(=O)N(C1CCC(=O)NC1=O)C2=O. The zero-order valence-corrected chi connectivity index (χ0v) is 36.0. The number of unbranched alkanes of at least 4 members (excludes halogenated alkanes) is 3. The third-order valence-electron chi connectivity index (χ3n) is 9.74. The zero-order valence-electron chi connectivity index (χ0n) is 36.0. The number of carbonyl (C=O) groups is 6. The summed E-state index contributed by atoms with van der Waals surface area (Å²) in [6, 6.07) is 3.52. The number of amides is 5. The third-order valence-corrected chi connectivity index (χ3v) is 9.74. The molecule has 0 radical (unpaired) electrons. The van der Waals surface area contributed by atoms with Gasteiger partial charge in [-0.25, -0.2) is 0 Å². The molecule has 0 aromatic heterocycles. The van der Waals surface area contributed by atoms with Crippen LogP contribution in [0.5, 0.6) is 0 Å². The number of carbonyl (C=O) groups excluding carboxylic acids is 6. The van der Waals surface area contributed by atoms with Crippen LogP contribution >= 0.6 is 0 Å². The van der Waals surface area contributed by atoms with Gasteiger partial charge in [0.2, 0.25) is 17.7 Å². The second-order valence-corrected chi connectivity index (χ2v) is 14.3. The molecule has 0 aliphatic carbocycles. The summed E-state index contributed by atoms with van der Waals surface area (Å²) < 4.78 is 49.3. The van der Waals surface area contributed by atoms with Crippen molar-refractivity contribution >= 4 is 41.2 Å². The van der Waals surface area contributed by atoms with E-state index in [0.717, 1.165) is 43.4 Å². The highest BCUT2D eigenvalue weighted by molar-refractivity contribution is 6.26. The second kappa shape index (κ2) is 31.9. The predicted molar refractivity (Wildman–Crippen MR) is 221 cm³/mol. The van der Waals surface area contributed by atoms with Crippen LogP contribution in [0.25, 0.3) is 0 Å². The lowest BCUT2D eigenvalue weighted by Crippen LogP contribution is -2.54. The number of hydrogen-bond acceptors (Lipinski definition) is 15. The van der Waals surface area contributed by atoms with Gasteiger partial charge < -0.3 is 47.9 Å². The molecule has 1 saturated heterocycles. The number of piperidine rings is 1. The molecule has 0 spiro atoms. The van der Waals surface area contributed by atoms with Crippen LogP contribution < -0.4 is 10.6 Å². The normalized spacial score (nSPS) is 15.6.